The number of cyclic esters (lactones) is 1. The highest BCUT2D eigenvalue weighted by Gasteiger charge is 2.45. The zero-order valence-corrected chi connectivity index (χ0v) is 11.0. The zero-order valence-electron chi connectivity index (χ0n) is 8.72. The molecule has 0 saturated carbocycles. The number of halogens is 3. The van der Waals surface area contributed by atoms with Crippen molar-refractivity contribution in [2.24, 2.45) is 5.41 Å². The first-order valence-corrected chi connectivity index (χ1v) is 5.66. The Bertz CT molecular complexity index is 230. The Morgan fingerprint density at radius 2 is 1.80 bits per heavy atom. The maximum absolute atomic E-state index is 11.3. The predicted octanol–water partition coefficient (Wildman–Crippen LogP) is 3.06. The highest BCUT2D eigenvalue weighted by atomic mass is 35.6. The highest BCUT2D eigenvalue weighted by Crippen LogP contribution is 2.39. The molecule has 15 heavy (non-hydrogen) atoms. The SMILES string of the molecule is CC(C)(C)C1OC(=O)CC(C(Cl)(Cl)Cl)O1. The van der Waals surface area contributed by atoms with E-state index in [-0.39, 0.29) is 11.8 Å². The van der Waals surface area contributed by atoms with Gasteiger partial charge in [0.15, 0.2) is 0 Å². The average molecular weight is 276 g/mol. The number of esters is 1. The van der Waals surface area contributed by atoms with Crippen molar-refractivity contribution >= 4 is 40.8 Å². The van der Waals surface area contributed by atoms with Crippen molar-refractivity contribution in [3.63, 3.8) is 0 Å². The van der Waals surface area contributed by atoms with Crippen LogP contribution in [-0.2, 0) is 14.3 Å². The number of rotatable bonds is 0. The van der Waals surface area contributed by atoms with E-state index in [1.807, 2.05) is 20.8 Å². The van der Waals surface area contributed by atoms with Gasteiger partial charge in [-0.2, -0.15) is 0 Å². The third-order valence-electron chi connectivity index (χ3n) is 1.95. The minimum atomic E-state index is -1.61. The Labute approximate surface area is 104 Å². The molecule has 0 aromatic rings. The number of hydrogen-bond acceptors (Lipinski definition) is 3. The Morgan fingerprint density at radius 3 is 2.20 bits per heavy atom. The van der Waals surface area contributed by atoms with Gasteiger partial charge in [-0.25, -0.2) is 0 Å². The Morgan fingerprint density at radius 1 is 1.27 bits per heavy atom. The van der Waals surface area contributed by atoms with Gasteiger partial charge in [0, 0.05) is 5.41 Å². The molecule has 0 bridgehead atoms. The largest absolute Gasteiger partial charge is 0.435 e. The van der Waals surface area contributed by atoms with E-state index in [1.165, 1.54) is 0 Å². The monoisotopic (exact) mass is 274 g/mol. The first-order valence-electron chi connectivity index (χ1n) is 4.52. The van der Waals surface area contributed by atoms with Gasteiger partial charge in [0.05, 0.1) is 6.42 Å². The van der Waals surface area contributed by atoms with Crippen molar-refractivity contribution in [3.05, 3.63) is 0 Å². The lowest BCUT2D eigenvalue weighted by Gasteiger charge is -2.38. The van der Waals surface area contributed by atoms with Crippen molar-refractivity contribution in [3.8, 4) is 0 Å². The van der Waals surface area contributed by atoms with Crippen LogP contribution in [0.5, 0.6) is 0 Å². The fraction of sp³-hybridized carbons (Fsp3) is 0.889. The molecule has 88 valence electrons. The van der Waals surface area contributed by atoms with Gasteiger partial charge in [0.2, 0.25) is 10.1 Å². The fourth-order valence-electron chi connectivity index (χ4n) is 1.12. The molecule has 1 aliphatic rings. The molecule has 2 atom stereocenters. The molecule has 6 heteroatoms. The summed E-state index contributed by atoms with van der Waals surface area (Å²) in [5.41, 5.74) is -0.343. The molecule has 0 aromatic carbocycles. The normalized spacial score (nSPS) is 28.8. The van der Waals surface area contributed by atoms with Gasteiger partial charge in [0.1, 0.15) is 6.10 Å². The molecule has 1 saturated heterocycles. The molecule has 1 fully saturated rings. The molecule has 0 radical (unpaired) electrons. The Balaban J connectivity index is 2.77. The standard InChI is InChI=1S/C9H13Cl3O3/c1-8(2,3)7-14-5(9(10,11)12)4-6(13)15-7/h5,7H,4H2,1-3H3. The van der Waals surface area contributed by atoms with Gasteiger partial charge in [-0.15, -0.1) is 0 Å². The first-order chi connectivity index (χ1) is 6.60. The number of carbonyl (C=O) groups excluding carboxylic acids is 1. The van der Waals surface area contributed by atoms with Crippen molar-refractivity contribution < 1.29 is 14.3 Å². The Hall–Kier alpha value is 0.300. The van der Waals surface area contributed by atoms with Crippen LogP contribution in [0, 0.1) is 5.41 Å². The molecule has 2 unspecified atom stereocenters. The maximum atomic E-state index is 11.3. The van der Waals surface area contributed by atoms with Gasteiger partial charge >= 0.3 is 5.97 Å². The van der Waals surface area contributed by atoms with Crippen LogP contribution in [0.3, 0.4) is 0 Å². The molecule has 0 aromatic heterocycles. The molecule has 0 N–H and O–H groups in total. The molecule has 0 amide bonds. The average Bonchev–Trinajstić information content (AvgIpc) is 1.99. The molecular formula is C9H13Cl3O3. The quantitative estimate of drug-likeness (QED) is 0.503. The molecule has 3 nitrogen and oxygen atoms in total. The summed E-state index contributed by atoms with van der Waals surface area (Å²) in [7, 11) is 0. The van der Waals surface area contributed by atoms with Crippen molar-refractivity contribution in [1.82, 2.24) is 0 Å². The van der Waals surface area contributed by atoms with E-state index in [2.05, 4.69) is 0 Å². The van der Waals surface area contributed by atoms with Gasteiger partial charge in [0.25, 0.3) is 0 Å². The van der Waals surface area contributed by atoms with E-state index >= 15 is 0 Å². The smallest absolute Gasteiger partial charge is 0.310 e. The maximum Gasteiger partial charge on any atom is 0.310 e. The van der Waals surface area contributed by atoms with Gasteiger partial charge < -0.3 is 9.47 Å². The van der Waals surface area contributed by atoms with Crippen LogP contribution < -0.4 is 0 Å². The second kappa shape index (κ2) is 4.28. The van der Waals surface area contributed by atoms with Crippen LogP contribution in [0.15, 0.2) is 0 Å². The van der Waals surface area contributed by atoms with Gasteiger partial charge in [-0.3, -0.25) is 4.79 Å². The lowest BCUT2D eigenvalue weighted by molar-refractivity contribution is -0.242. The first kappa shape index (κ1) is 13.4. The summed E-state index contributed by atoms with van der Waals surface area (Å²) in [5, 5.41) is 0. The second-order valence-corrected chi connectivity index (χ2v) is 6.93. The molecule has 1 aliphatic heterocycles. The topological polar surface area (TPSA) is 35.5 Å². The van der Waals surface area contributed by atoms with E-state index in [1.54, 1.807) is 0 Å². The predicted molar refractivity (Wildman–Crippen MR) is 59.1 cm³/mol. The van der Waals surface area contributed by atoms with E-state index in [4.69, 9.17) is 44.3 Å². The number of carbonyl (C=O) groups is 1. The van der Waals surface area contributed by atoms with E-state index in [0.717, 1.165) is 0 Å². The van der Waals surface area contributed by atoms with Crippen LogP contribution in [0.4, 0.5) is 0 Å². The fourth-order valence-corrected chi connectivity index (χ4v) is 1.50. The summed E-state index contributed by atoms with van der Waals surface area (Å²) >= 11 is 17.1. The number of ether oxygens (including phenoxy) is 2. The van der Waals surface area contributed by atoms with E-state index in [9.17, 15) is 4.79 Å². The third kappa shape index (κ3) is 3.66. The summed E-state index contributed by atoms with van der Waals surface area (Å²) in [6.07, 6.45) is -1.48. The number of alkyl halides is 3. The van der Waals surface area contributed by atoms with E-state index < -0.39 is 22.2 Å². The minimum absolute atomic E-state index is 0.0386. The summed E-state index contributed by atoms with van der Waals surface area (Å²) in [5.74, 6) is -0.405. The summed E-state index contributed by atoms with van der Waals surface area (Å²) < 4.78 is 8.88. The second-order valence-electron chi connectivity index (χ2n) is 4.56. The van der Waals surface area contributed by atoms with Gasteiger partial charge in [-0.05, 0) is 0 Å². The highest BCUT2D eigenvalue weighted by molar-refractivity contribution is 6.68. The molecule has 0 spiro atoms. The van der Waals surface area contributed by atoms with Crippen molar-refractivity contribution in [2.75, 3.05) is 0 Å². The van der Waals surface area contributed by atoms with Crippen LogP contribution in [0.25, 0.3) is 0 Å². The molecular weight excluding hydrogens is 262 g/mol. The third-order valence-corrected chi connectivity index (χ3v) is 2.68. The Kier molecular flexibility index (Phi) is 3.82. The lowest BCUT2D eigenvalue weighted by Crippen LogP contribution is -2.47. The van der Waals surface area contributed by atoms with Crippen LogP contribution in [-0.4, -0.2) is 22.2 Å². The van der Waals surface area contributed by atoms with Crippen molar-refractivity contribution in [2.45, 2.75) is 43.4 Å². The van der Waals surface area contributed by atoms with E-state index in [0.29, 0.717) is 0 Å². The molecule has 1 rings (SSSR count). The minimum Gasteiger partial charge on any atom is -0.435 e. The van der Waals surface area contributed by atoms with Crippen LogP contribution in [0.2, 0.25) is 0 Å². The zero-order chi connectivity index (χ0) is 11.9. The van der Waals surface area contributed by atoms with Gasteiger partial charge in [-0.1, -0.05) is 55.6 Å². The summed E-state index contributed by atoms with van der Waals surface area (Å²) in [6.45, 7) is 5.64. The molecule has 1 heterocycles. The lowest BCUT2D eigenvalue weighted by atomic mass is 9.95. The van der Waals surface area contributed by atoms with Crippen LogP contribution in [0.1, 0.15) is 27.2 Å². The van der Waals surface area contributed by atoms with Crippen LogP contribution >= 0.6 is 34.8 Å². The summed E-state index contributed by atoms with van der Waals surface area (Å²) in [6, 6.07) is 0. The summed E-state index contributed by atoms with van der Waals surface area (Å²) in [4.78, 5) is 11.3. The molecule has 0 aliphatic carbocycles. The van der Waals surface area contributed by atoms with Crippen molar-refractivity contribution in [1.29, 1.82) is 0 Å². The number of hydrogen-bond donors (Lipinski definition) is 0.